The van der Waals surface area contributed by atoms with Gasteiger partial charge in [-0.25, -0.2) is 23.7 Å². The number of aliphatic imine (C=N–C) groups is 1. The summed E-state index contributed by atoms with van der Waals surface area (Å²) in [7, 11) is 1.92. The van der Waals surface area contributed by atoms with Crippen LogP contribution in [0.4, 0.5) is 27.4 Å². The van der Waals surface area contributed by atoms with Crippen LogP contribution in [0.5, 0.6) is 11.5 Å². The van der Waals surface area contributed by atoms with Crippen LogP contribution in [0, 0.1) is 24.1 Å². The fraction of sp³-hybridized carbons (Fsp3) is 0.345. The Kier molecular flexibility index (Phi) is 9.95. The summed E-state index contributed by atoms with van der Waals surface area (Å²) in [6.07, 6.45) is 5.18. The average Bonchev–Trinajstić information content (AvgIpc) is 2.98. The van der Waals surface area contributed by atoms with Crippen LogP contribution in [-0.4, -0.2) is 65.8 Å². The summed E-state index contributed by atoms with van der Waals surface area (Å²) in [5.74, 6) is 0.122. The number of benzene rings is 2. The van der Waals surface area contributed by atoms with Crippen LogP contribution in [0.1, 0.15) is 31.9 Å². The Morgan fingerprint density at radius 2 is 1.93 bits per heavy atom. The van der Waals surface area contributed by atoms with Gasteiger partial charge in [-0.05, 0) is 70.6 Å². The highest BCUT2D eigenvalue weighted by atomic mass is 32.2. The summed E-state index contributed by atoms with van der Waals surface area (Å²) >= 11 is 1.30. The summed E-state index contributed by atoms with van der Waals surface area (Å²) in [5.41, 5.74) is 2.13. The molecule has 3 aromatic rings. The van der Waals surface area contributed by atoms with Crippen molar-refractivity contribution >= 4 is 47.9 Å². The number of hydrogen-bond acceptors (Lipinski definition) is 11. The normalized spacial score (nSPS) is 13.7. The summed E-state index contributed by atoms with van der Waals surface area (Å²) in [6.45, 7) is 11.4. The summed E-state index contributed by atoms with van der Waals surface area (Å²) in [5, 5.41) is 13.1. The van der Waals surface area contributed by atoms with Crippen LogP contribution in [0.25, 0.3) is 0 Å². The molecule has 1 aromatic heterocycles. The molecule has 1 saturated heterocycles. The predicted octanol–water partition coefficient (Wildman–Crippen LogP) is 5.03. The second-order valence-electron chi connectivity index (χ2n) is 10.6. The minimum absolute atomic E-state index is 0.0522. The van der Waals surface area contributed by atoms with E-state index in [-0.39, 0.29) is 16.9 Å². The predicted molar refractivity (Wildman–Crippen MR) is 165 cm³/mol. The lowest BCUT2D eigenvalue weighted by atomic mass is 10.1. The number of carbonyl (C=O) groups excluding carboxylic acids is 1. The molecule has 0 radical (unpaired) electrons. The molecule has 1 fully saturated rings. The largest absolute Gasteiger partial charge is 0.453 e. The van der Waals surface area contributed by atoms with Gasteiger partial charge in [0, 0.05) is 43.9 Å². The van der Waals surface area contributed by atoms with E-state index in [4.69, 9.17) is 4.74 Å². The number of carbonyl (C=O) groups is 1. The Labute approximate surface area is 249 Å². The van der Waals surface area contributed by atoms with E-state index in [1.165, 1.54) is 35.5 Å². The third-order valence-electron chi connectivity index (χ3n) is 6.60. The third kappa shape index (κ3) is 7.52. The van der Waals surface area contributed by atoms with Crippen molar-refractivity contribution in [2.45, 2.75) is 33.2 Å². The van der Waals surface area contributed by atoms with Gasteiger partial charge >= 0.3 is 0 Å². The van der Waals surface area contributed by atoms with E-state index in [1.807, 2.05) is 18.3 Å². The third-order valence-corrected chi connectivity index (χ3v) is 7.74. The zero-order chi connectivity index (χ0) is 30.3. The molecular weight excluding hydrogens is 557 g/mol. The number of nitrogens with one attached hydrogen (secondary N) is 2. The lowest BCUT2D eigenvalue weighted by molar-refractivity contribution is -0.106. The van der Waals surface area contributed by atoms with Crippen molar-refractivity contribution in [2.75, 3.05) is 47.7 Å². The van der Waals surface area contributed by atoms with Crippen LogP contribution in [0.2, 0.25) is 0 Å². The number of rotatable bonds is 10. The van der Waals surface area contributed by atoms with Crippen LogP contribution < -0.4 is 24.6 Å². The van der Waals surface area contributed by atoms with Crippen LogP contribution in [0.3, 0.4) is 0 Å². The molecule has 0 bridgehead atoms. The summed E-state index contributed by atoms with van der Waals surface area (Å²) < 4.78 is 25.8. The maximum Gasteiger partial charge on any atom is 0.225 e. The molecule has 11 nitrogen and oxygen atoms in total. The number of amides is 1. The Bertz CT molecular complexity index is 1470. The molecule has 0 saturated carbocycles. The molecule has 220 valence electrons. The maximum atomic E-state index is 14.8. The zero-order valence-electron chi connectivity index (χ0n) is 24.3. The van der Waals surface area contributed by atoms with Crippen LogP contribution in [-0.2, 0) is 4.79 Å². The van der Waals surface area contributed by atoms with Crippen molar-refractivity contribution in [3.63, 3.8) is 0 Å². The number of ether oxygens (including phenoxy) is 1. The van der Waals surface area contributed by atoms with Gasteiger partial charge in [-0.2, -0.15) is 5.26 Å². The second-order valence-corrected chi connectivity index (χ2v) is 11.5. The van der Waals surface area contributed by atoms with Gasteiger partial charge in [-0.15, -0.1) is 0 Å². The van der Waals surface area contributed by atoms with Gasteiger partial charge < -0.3 is 19.7 Å². The Balaban J connectivity index is 1.47. The zero-order valence-corrected chi connectivity index (χ0v) is 25.1. The number of aromatic nitrogens is 2. The molecule has 2 aromatic carbocycles. The molecule has 0 spiro atoms. The number of nitrogens with zero attached hydrogens (tertiary/aromatic N) is 7. The highest BCUT2D eigenvalue weighted by molar-refractivity contribution is 7.98. The summed E-state index contributed by atoms with van der Waals surface area (Å²) in [6, 6.07) is 9.82. The van der Waals surface area contributed by atoms with E-state index < -0.39 is 5.82 Å². The van der Waals surface area contributed by atoms with Gasteiger partial charge in [0.2, 0.25) is 12.4 Å². The number of piperazine rings is 1. The van der Waals surface area contributed by atoms with Gasteiger partial charge in [-0.1, -0.05) is 0 Å². The molecule has 0 atom stereocenters. The quantitative estimate of drug-likeness (QED) is 0.144. The molecule has 0 unspecified atom stereocenters. The van der Waals surface area contributed by atoms with Gasteiger partial charge in [0.25, 0.3) is 0 Å². The Morgan fingerprint density at radius 1 is 1.21 bits per heavy atom. The van der Waals surface area contributed by atoms with Crippen molar-refractivity contribution < 1.29 is 13.9 Å². The van der Waals surface area contributed by atoms with Crippen LogP contribution >= 0.6 is 12.1 Å². The van der Waals surface area contributed by atoms with Gasteiger partial charge in [0.05, 0.1) is 29.5 Å². The Hall–Kier alpha value is -4.25. The van der Waals surface area contributed by atoms with Crippen molar-refractivity contribution in [1.82, 2.24) is 19.6 Å². The number of anilines is 3. The molecule has 0 aliphatic carbocycles. The molecule has 4 rings (SSSR count). The number of aryl methyl sites for hydroxylation is 1. The fourth-order valence-electron chi connectivity index (χ4n) is 3.82. The smallest absolute Gasteiger partial charge is 0.225 e. The van der Waals surface area contributed by atoms with Gasteiger partial charge in [0.15, 0.2) is 11.6 Å². The summed E-state index contributed by atoms with van der Waals surface area (Å²) in [4.78, 5) is 28.4. The fourth-order valence-corrected chi connectivity index (χ4v) is 4.50. The first-order valence-corrected chi connectivity index (χ1v) is 14.1. The van der Waals surface area contributed by atoms with Gasteiger partial charge in [-0.3, -0.25) is 9.69 Å². The first-order valence-electron chi connectivity index (χ1n) is 13.3. The minimum atomic E-state index is -0.655. The molecule has 2 heterocycles. The molecule has 13 heteroatoms. The van der Waals surface area contributed by atoms with Crippen molar-refractivity contribution in [3.05, 3.63) is 59.7 Å². The number of nitriles is 1. The Morgan fingerprint density at radius 3 is 2.55 bits per heavy atom. The standard InChI is InChI=1S/C29H34FN9O2S/c1-20-14-22(41-27-23(15-31)26(9-7-24(27)30)36-42-37(5)29(2,3)4)6-8-25(20)35-18-39(19-40)21-16-33-28(34-17-21)38-12-10-32-11-13-38/h6-9,14,16-19,32,36H,10-13H2,1-5H3/b35-18-. The first-order chi connectivity index (χ1) is 20.1. The molecule has 2 N–H and O–H groups in total. The van der Waals surface area contributed by atoms with Gasteiger partial charge in [0.1, 0.15) is 23.7 Å². The lowest BCUT2D eigenvalue weighted by Gasteiger charge is -2.30. The average molecular weight is 592 g/mol. The van der Waals surface area contributed by atoms with E-state index in [9.17, 15) is 14.4 Å². The van der Waals surface area contributed by atoms with E-state index >= 15 is 0 Å². The lowest BCUT2D eigenvalue weighted by Crippen LogP contribution is -2.44. The van der Waals surface area contributed by atoms with E-state index in [1.54, 1.807) is 30.6 Å². The highest BCUT2D eigenvalue weighted by Gasteiger charge is 2.21. The number of hydrogen-bond donors (Lipinski definition) is 2. The van der Waals surface area contributed by atoms with Crippen molar-refractivity contribution in [3.8, 4) is 17.6 Å². The monoisotopic (exact) mass is 591 g/mol. The molecule has 1 aliphatic rings. The topological polar surface area (TPSA) is 122 Å². The molecule has 42 heavy (non-hydrogen) atoms. The van der Waals surface area contributed by atoms with E-state index in [0.29, 0.717) is 35.2 Å². The second kappa shape index (κ2) is 13.6. The van der Waals surface area contributed by atoms with Crippen LogP contribution in [0.15, 0.2) is 47.7 Å². The van der Waals surface area contributed by atoms with Crippen molar-refractivity contribution in [2.24, 2.45) is 4.99 Å². The highest BCUT2D eigenvalue weighted by Crippen LogP contribution is 2.36. The maximum absolute atomic E-state index is 14.8. The van der Waals surface area contributed by atoms with E-state index in [0.717, 1.165) is 31.7 Å². The molecular formula is C29H34FN9O2S. The molecule has 1 aliphatic heterocycles. The SMILES string of the molecule is Cc1cc(Oc2c(F)ccc(NSN(C)C(C)(C)C)c2C#N)ccc1/N=C\N(C=O)c1cnc(N2CCNCC2)nc1. The van der Waals surface area contributed by atoms with E-state index in [2.05, 4.69) is 56.7 Å². The minimum Gasteiger partial charge on any atom is -0.453 e. The number of halogens is 1. The molecule has 1 amide bonds. The first kappa shape index (κ1) is 30.7. The van der Waals surface area contributed by atoms with Crippen molar-refractivity contribution in [1.29, 1.82) is 5.26 Å².